The summed E-state index contributed by atoms with van der Waals surface area (Å²) < 4.78 is 0.383. The highest BCUT2D eigenvalue weighted by Gasteiger charge is 2.39. The molecule has 0 bridgehead atoms. The third-order valence-corrected chi connectivity index (χ3v) is 3.08. The fourth-order valence-electron chi connectivity index (χ4n) is 2.08. The molecule has 1 aromatic heterocycles. The second kappa shape index (κ2) is 6.57. The lowest BCUT2D eigenvalue weighted by Crippen LogP contribution is -2.09. The van der Waals surface area contributed by atoms with Gasteiger partial charge in [0.25, 0.3) is 0 Å². The average Bonchev–Trinajstić information content (AvgIpc) is 2.97. The van der Waals surface area contributed by atoms with E-state index >= 15 is 0 Å². The van der Waals surface area contributed by atoms with Gasteiger partial charge in [0.15, 0.2) is 5.69 Å². The van der Waals surface area contributed by atoms with Crippen molar-refractivity contribution in [1.82, 2.24) is 9.55 Å². The van der Waals surface area contributed by atoms with E-state index in [0.29, 0.717) is 16.8 Å². The molecule has 2 aromatic rings. The van der Waals surface area contributed by atoms with E-state index in [0.717, 1.165) is 0 Å². The van der Waals surface area contributed by atoms with E-state index < -0.39 is 59.9 Å². The highest BCUT2D eigenvalue weighted by Crippen LogP contribution is 2.44. The van der Waals surface area contributed by atoms with Gasteiger partial charge in [0.2, 0.25) is 5.69 Å². The van der Waals surface area contributed by atoms with Gasteiger partial charge in [-0.1, -0.05) is 0 Å². The molecule has 138 valence electrons. The summed E-state index contributed by atoms with van der Waals surface area (Å²) >= 11 is 0. The quantitative estimate of drug-likeness (QED) is 0.190. The molecule has 0 radical (unpaired) electrons. The second-order valence-corrected chi connectivity index (χ2v) is 4.51. The Balaban J connectivity index is 3.08. The highest BCUT2D eigenvalue weighted by atomic mass is 16.6. The van der Waals surface area contributed by atoms with Crippen LogP contribution in [0.4, 0.5) is 34.5 Å². The van der Waals surface area contributed by atoms with Crippen LogP contribution in [0.1, 0.15) is 0 Å². The minimum atomic E-state index is -1.29. The number of nitro groups is 4. The van der Waals surface area contributed by atoms with Crippen molar-refractivity contribution in [2.45, 2.75) is 0 Å². The Morgan fingerprint density at radius 1 is 1.04 bits per heavy atom. The Bertz CT molecular complexity index is 1070. The third-order valence-electron chi connectivity index (χ3n) is 3.08. The van der Waals surface area contributed by atoms with Crippen LogP contribution in [-0.4, -0.2) is 29.2 Å². The Morgan fingerprint density at radius 3 is 2.07 bits per heavy atom. The SMILES string of the molecule is [N-]=[N+]=Nc1nc([N+](=O)[O-])cn1-c1c([N+](=O)[O-])cc([N+](=O)[O-])c(N)c1[N+](=O)[O-]. The van der Waals surface area contributed by atoms with Gasteiger partial charge >= 0.3 is 28.8 Å². The predicted molar refractivity (Wildman–Crippen MR) is 83.4 cm³/mol. The monoisotopic (exact) mass is 380 g/mol. The molecule has 0 amide bonds. The van der Waals surface area contributed by atoms with E-state index in [1.54, 1.807) is 0 Å². The van der Waals surface area contributed by atoms with E-state index in [4.69, 9.17) is 11.3 Å². The topological polar surface area (TPSA) is 265 Å². The molecule has 1 heterocycles. The van der Waals surface area contributed by atoms with E-state index in [-0.39, 0.29) is 0 Å². The summed E-state index contributed by atoms with van der Waals surface area (Å²) in [6.45, 7) is 0. The van der Waals surface area contributed by atoms with Gasteiger partial charge in [-0.05, 0) is 15.4 Å². The summed E-state index contributed by atoms with van der Waals surface area (Å²) in [6.07, 6.45) is 0.505. The number of benzene rings is 1. The lowest BCUT2D eigenvalue weighted by molar-refractivity contribution is -0.401. The van der Waals surface area contributed by atoms with Crippen LogP contribution < -0.4 is 5.73 Å². The van der Waals surface area contributed by atoms with E-state index in [9.17, 15) is 40.5 Å². The molecule has 0 aliphatic heterocycles. The molecule has 2 N–H and O–H groups in total. The lowest BCUT2D eigenvalue weighted by Gasteiger charge is -2.07. The minimum Gasteiger partial charge on any atom is -0.387 e. The zero-order valence-electron chi connectivity index (χ0n) is 12.5. The highest BCUT2D eigenvalue weighted by molar-refractivity contribution is 5.84. The first-order valence-electron chi connectivity index (χ1n) is 6.29. The fraction of sp³-hybridized carbons (Fsp3) is 0. The molecule has 0 spiro atoms. The van der Waals surface area contributed by atoms with Crippen LogP contribution in [-0.2, 0) is 0 Å². The standard InChI is InChI=1S/C9H4N10O8/c10-6-3(16(20)21)1-4(17(22)23)7(8(6)19(26)27)15-2-5(18(24)25)12-9(15)13-14-11/h1-2H,10H2. The number of rotatable bonds is 6. The zero-order chi connectivity index (χ0) is 20.5. The molecule has 0 fully saturated rings. The van der Waals surface area contributed by atoms with Gasteiger partial charge in [-0.25, -0.2) is 0 Å². The summed E-state index contributed by atoms with van der Waals surface area (Å²) in [5.74, 6) is -1.82. The molecule has 27 heavy (non-hydrogen) atoms. The number of nitrogen functional groups attached to an aromatic ring is 1. The number of nitrogens with zero attached hydrogens (tertiary/aromatic N) is 9. The van der Waals surface area contributed by atoms with Gasteiger partial charge in [-0.15, -0.1) is 0 Å². The van der Waals surface area contributed by atoms with E-state index in [1.807, 2.05) is 0 Å². The maximum atomic E-state index is 11.4. The van der Waals surface area contributed by atoms with E-state index in [1.165, 1.54) is 0 Å². The molecule has 0 aliphatic rings. The van der Waals surface area contributed by atoms with Crippen molar-refractivity contribution >= 4 is 34.5 Å². The second-order valence-electron chi connectivity index (χ2n) is 4.51. The van der Waals surface area contributed by atoms with Crippen LogP contribution in [0.3, 0.4) is 0 Å². The van der Waals surface area contributed by atoms with Crippen molar-refractivity contribution in [3.05, 3.63) is 63.2 Å². The van der Waals surface area contributed by atoms with E-state index in [2.05, 4.69) is 15.0 Å². The first-order valence-corrected chi connectivity index (χ1v) is 6.29. The molecule has 18 nitrogen and oxygen atoms in total. The van der Waals surface area contributed by atoms with Crippen molar-refractivity contribution in [2.75, 3.05) is 5.73 Å². The summed E-state index contributed by atoms with van der Waals surface area (Å²) in [7, 11) is 0. The molecular weight excluding hydrogens is 376 g/mol. The Hall–Kier alpha value is -4.86. The number of nitrogens with two attached hydrogens (primary N) is 1. The van der Waals surface area contributed by atoms with Gasteiger partial charge in [0, 0.05) is 10.0 Å². The van der Waals surface area contributed by atoms with Crippen LogP contribution in [0.15, 0.2) is 17.4 Å². The van der Waals surface area contributed by atoms with Gasteiger partial charge in [-0.2, -0.15) is 0 Å². The van der Waals surface area contributed by atoms with Crippen LogP contribution in [0.25, 0.3) is 16.1 Å². The first-order chi connectivity index (χ1) is 12.6. The number of aromatic nitrogens is 2. The van der Waals surface area contributed by atoms with Gasteiger partial charge in [0.05, 0.1) is 20.8 Å². The van der Waals surface area contributed by atoms with Crippen LogP contribution in [0, 0.1) is 40.5 Å². The first kappa shape index (κ1) is 18.5. The maximum Gasteiger partial charge on any atom is 0.382 e. The van der Waals surface area contributed by atoms with Crippen molar-refractivity contribution in [1.29, 1.82) is 0 Å². The zero-order valence-corrected chi connectivity index (χ0v) is 12.5. The van der Waals surface area contributed by atoms with Crippen LogP contribution >= 0.6 is 0 Å². The predicted octanol–water partition coefficient (Wildman–Crippen LogP) is 2.03. The molecule has 1 aromatic carbocycles. The minimum absolute atomic E-state index is 0.337. The van der Waals surface area contributed by atoms with Crippen LogP contribution in [0.5, 0.6) is 0 Å². The number of hydrogen-bond acceptors (Lipinski definition) is 11. The lowest BCUT2D eigenvalue weighted by atomic mass is 10.1. The van der Waals surface area contributed by atoms with Gasteiger partial charge in [0.1, 0.15) is 6.20 Å². The van der Waals surface area contributed by atoms with Crippen molar-refractivity contribution in [3.63, 3.8) is 0 Å². The smallest absolute Gasteiger partial charge is 0.382 e. The molecular formula is C9H4N10O8. The third kappa shape index (κ3) is 3.08. The summed E-state index contributed by atoms with van der Waals surface area (Å²) in [4.78, 5) is 45.5. The summed E-state index contributed by atoms with van der Waals surface area (Å²) in [6, 6.07) is 0.337. The average molecular weight is 380 g/mol. The number of imidazole rings is 1. The molecule has 0 saturated heterocycles. The number of nitro benzene ring substituents is 3. The molecule has 0 saturated carbocycles. The molecule has 2 rings (SSSR count). The summed E-state index contributed by atoms with van der Waals surface area (Å²) in [5.41, 5.74) is 8.26. The number of anilines is 1. The maximum absolute atomic E-state index is 11.4. The number of hydrogen-bond donors (Lipinski definition) is 1. The van der Waals surface area contributed by atoms with Crippen molar-refractivity contribution in [2.24, 2.45) is 5.11 Å². The van der Waals surface area contributed by atoms with Crippen LogP contribution in [0.2, 0.25) is 0 Å². The molecule has 0 unspecified atom stereocenters. The van der Waals surface area contributed by atoms with Crippen molar-refractivity contribution in [3.8, 4) is 5.69 Å². The Kier molecular flexibility index (Phi) is 4.49. The Labute approximate surface area is 144 Å². The fourth-order valence-corrected chi connectivity index (χ4v) is 2.08. The molecule has 0 aliphatic carbocycles. The number of azide groups is 1. The largest absolute Gasteiger partial charge is 0.387 e. The van der Waals surface area contributed by atoms with Crippen molar-refractivity contribution < 1.29 is 19.7 Å². The van der Waals surface area contributed by atoms with Gasteiger partial charge < -0.3 is 15.8 Å². The summed E-state index contributed by atoms with van der Waals surface area (Å²) in [5, 5.41) is 47.5. The molecule has 0 atom stereocenters. The Morgan fingerprint density at radius 2 is 1.63 bits per heavy atom. The van der Waals surface area contributed by atoms with Gasteiger partial charge in [-0.3, -0.25) is 34.9 Å². The molecule has 18 heteroatoms. The normalized spacial score (nSPS) is 10.1.